The van der Waals surface area contributed by atoms with Crippen LogP contribution in [0.3, 0.4) is 0 Å². The van der Waals surface area contributed by atoms with Crippen LogP contribution in [0.2, 0.25) is 0 Å². The average molecular weight is 270 g/mol. The summed E-state index contributed by atoms with van der Waals surface area (Å²) in [5, 5.41) is 0. The quantitative estimate of drug-likeness (QED) is 0.576. The molecule has 0 aromatic heterocycles. The van der Waals surface area contributed by atoms with Crippen molar-refractivity contribution in [2.75, 3.05) is 6.16 Å². The van der Waals surface area contributed by atoms with Gasteiger partial charge in [-0.25, -0.2) is 0 Å². The topological polar surface area (TPSA) is 26.3 Å². The molecular weight excluding hydrogens is 243 g/mol. The van der Waals surface area contributed by atoms with Crippen molar-refractivity contribution in [2.45, 2.75) is 64.4 Å². The number of carbonyl (C=O) groups is 1. The fraction of sp³-hybridized carbons (Fsp3) is 0.933. The van der Waals surface area contributed by atoms with Gasteiger partial charge >= 0.3 is 5.97 Å². The van der Waals surface area contributed by atoms with E-state index in [1.165, 1.54) is 38.5 Å². The van der Waals surface area contributed by atoms with E-state index in [9.17, 15) is 4.79 Å². The third kappa shape index (κ3) is 3.95. The van der Waals surface area contributed by atoms with Crippen LogP contribution >= 0.6 is 9.24 Å². The molecule has 0 aromatic carbocycles. The van der Waals surface area contributed by atoms with Gasteiger partial charge in [-0.15, -0.1) is 9.24 Å². The Morgan fingerprint density at radius 3 is 2.00 bits per heavy atom. The van der Waals surface area contributed by atoms with E-state index in [4.69, 9.17) is 4.74 Å². The van der Waals surface area contributed by atoms with Gasteiger partial charge in [0.1, 0.15) is 6.10 Å². The predicted molar refractivity (Wildman–Crippen MR) is 77.5 cm³/mol. The highest BCUT2D eigenvalue weighted by molar-refractivity contribution is 7.18. The Bertz CT molecular complexity index is 264. The fourth-order valence-corrected chi connectivity index (χ4v) is 3.77. The first-order chi connectivity index (χ1) is 8.69. The first-order valence-electron chi connectivity index (χ1n) is 7.58. The van der Waals surface area contributed by atoms with E-state index >= 15 is 0 Å². The highest BCUT2D eigenvalue weighted by Crippen LogP contribution is 2.40. The molecular formula is C15H27O2P. The first kappa shape index (κ1) is 14.3. The van der Waals surface area contributed by atoms with E-state index in [0.29, 0.717) is 6.16 Å². The number of ether oxygens (including phenoxy) is 1. The minimum absolute atomic E-state index is 0.0602. The van der Waals surface area contributed by atoms with Crippen LogP contribution in [0.25, 0.3) is 0 Å². The van der Waals surface area contributed by atoms with Crippen LogP contribution in [0.15, 0.2) is 0 Å². The van der Waals surface area contributed by atoms with Gasteiger partial charge in [0.2, 0.25) is 0 Å². The molecule has 0 saturated heterocycles. The molecule has 0 heterocycles. The van der Waals surface area contributed by atoms with Crippen molar-refractivity contribution in [1.29, 1.82) is 0 Å². The van der Waals surface area contributed by atoms with E-state index in [0.717, 1.165) is 30.6 Å². The van der Waals surface area contributed by atoms with Crippen molar-refractivity contribution in [3.8, 4) is 0 Å². The Morgan fingerprint density at radius 1 is 1.00 bits per heavy atom. The summed E-state index contributed by atoms with van der Waals surface area (Å²) in [7, 11) is 2.44. The maximum absolute atomic E-state index is 11.3. The lowest BCUT2D eigenvalue weighted by Gasteiger charge is -2.37. The molecule has 0 spiro atoms. The van der Waals surface area contributed by atoms with Gasteiger partial charge in [-0.3, -0.25) is 4.79 Å². The molecule has 2 nitrogen and oxygen atoms in total. The Labute approximate surface area is 113 Å². The molecule has 0 radical (unpaired) electrons. The second-order valence-corrected chi connectivity index (χ2v) is 6.66. The predicted octanol–water partition coefficient (Wildman–Crippen LogP) is 3.79. The normalized spacial score (nSPS) is 37.2. The zero-order chi connectivity index (χ0) is 13.0. The van der Waals surface area contributed by atoms with Crippen molar-refractivity contribution in [2.24, 2.45) is 17.8 Å². The molecule has 2 fully saturated rings. The second kappa shape index (κ2) is 6.89. The highest BCUT2D eigenvalue weighted by Gasteiger charge is 2.30. The zero-order valence-corrected chi connectivity index (χ0v) is 12.7. The van der Waals surface area contributed by atoms with E-state index in [1.807, 2.05) is 0 Å². The number of carbonyl (C=O) groups excluding carboxylic acids is 1. The van der Waals surface area contributed by atoms with Gasteiger partial charge in [-0.05, 0) is 56.3 Å². The van der Waals surface area contributed by atoms with Gasteiger partial charge in [0, 0.05) is 0 Å². The standard InChI is InChI=1S/C15H27O2P/c1-11-2-4-12(5-3-11)13-6-8-14(9-7-13)17-15(16)10-18/h11-14H,2-10,18H2,1H3. The van der Waals surface area contributed by atoms with Gasteiger partial charge in [-0.2, -0.15) is 0 Å². The Morgan fingerprint density at radius 2 is 1.50 bits per heavy atom. The van der Waals surface area contributed by atoms with Crippen LogP contribution in [0.4, 0.5) is 0 Å². The lowest BCUT2D eigenvalue weighted by atomic mass is 9.71. The Kier molecular flexibility index (Phi) is 5.48. The second-order valence-electron chi connectivity index (χ2n) is 6.25. The van der Waals surface area contributed by atoms with E-state index in [1.54, 1.807) is 0 Å². The van der Waals surface area contributed by atoms with Crippen LogP contribution in [0, 0.1) is 17.8 Å². The maximum atomic E-state index is 11.3. The summed E-state index contributed by atoms with van der Waals surface area (Å²) in [6.07, 6.45) is 11.1. The van der Waals surface area contributed by atoms with Gasteiger partial charge in [0.15, 0.2) is 0 Å². The van der Waals surface area contributed by atoms with Crippen LogP contribution < -0.4 is 0 Å². The average Bonchev–Trinajstić information content (AvgIpc) is 2.40. The van der Waals surface area contributed by atoms with Crippen molar-refractivity contribution in [3.05, 3.63) is 0 Å². The van der Waals surface area contributed by atoms with Crippen LogP contribution in [0.1, 0.15) is 58.3 Å². The molecule has 0 aliphatic heterocycles. The molecule has 0 bridgehead atoms. The summed E-state index contributed by atoms with van der Waals surface area (Å²) in [5.74, 6) is 2.75. The van der Waals surface area contributed by atoms with Crippen LogP contribution in [0.5, 0.6) is 0 Å². The van der Waals surface area contributed by atoms with E-state index in [2.05, 4.69) is 16.2 Å². The Balaban J connectivity index is 1.71. The highest BCUT2D eigenvalue weighted by atomic mass is 31.0. The summed E-state index contributed by atoms with van der Waals surface area (Å²) in [6.45, 7) is 2.38. The molecule has 0 amide bonds. The molecule has 1 atom stereocenters. The van der Waals surface area contributed by atoms with Crippen LogP contribution in [-0.4, -0.2) is 18.2 Å². The minimum Gasteiger partial charge on any atom is -0.462 e. The molecule has 104 valence electrons. The summed E-state index contributed by atoms with van der Waals surface area (Å²) in [4.78, 5) is 11.3. The summed E-state index contributed by atoms with van der Waals surface area (Å²) < 4.78 is 5.43. The lowest BCUT2D eigenvalue weighted by molar-refractivity contribution is -0.147. The third-order valence-electron chi connectivity index (χ3n) is 4.91. The number of hydrogen-bond acceptors (Lipinski definition) is 2. The summed E-state index contributed by atoms with van der Waals surface area (Å²) in [5.41, 5.74) is 0. The molecule has 0 aromatic rings. The van der Waals surface area contributed by atoms with E-state index in [-0.39, 0.29) is 12.1 Å². The maximum Gasteiger partial charge on any atom is 0.309 e. The number of hydrogen-bond donors (Lipinski definition) is 0. The SMILES string of the molecule is CC1CCC(C2CCC(OC(=O)CP)CC2)CC1. The zero-order valence-electron chi connectivity index (χ0n) is 11.6. The van der Waals surface area contributed by atoms with Gasteiger partial charge in [-0.1, -0.05) is 19.8 Å². The van der Waals surface area contributed by atoms with E-state index < -0.39 is 0 Å². The summed E-state index contributed by atoms with van der Waals surface area (Å²) >= 11 is 0. The largest absolute Gasteiger partial charge is 0.462 e. The fourth-order valence-electron chi connectivity index (χ4n) is 3.67. The molecule has 3 heteroatoms. The number of esters is 1. The molecule has 2 rings (SSSR count). The van der Waals surface area contributed by atoms with Gasteiger partial charge < -0.3 is 4.74 Å². The van der Waals surface area contributed by atoms with Gasteiger partial charge in [0.25, 0.3) is 0 Å². The molecule has 18 heavy (non-hydrogen) atoms. The van der Waals surface area contributed by atoms with Crippen molar-refractivity contribution >= 4 is 15.2 Å². The molecule has 2 aliphatic carbocycles. The Hall–Kier alpha value is -0.100. The van der Waals surface area contributed by atoms with Crippen LogP contribution in [-0.2, 0) is 9.53 Å². The molecule has 2 aliphatic rings. The van der Waals surface area contributed by atoms with Gasteiger partial charge in [0.05, 0.1) is 6.16 Å². The lowest BCUT2D eigenvalue weighted by Crippen LogP contribution is -2.29. The molecule has 1 unspecified atom stereocenters. The summed E-state index contributed by atoms with van der Waals surface area (Å²) in [6, 6.07) is 0. The van der Waals surface area contributed by atoms with Crippen molar-refractivity contribution < 1.29 is 9.53 Å². The first-order valence-corrected chi connectivity index (χ1v) is 8.40. The number of rotatable bonds is 3. The van der Waals surface area contributed by atoms with Crippen molar-refractivity contribution in [3.63, 3.8) is 0 Å². The third-order valence-corrected chi connectivity index (χ3v) is 5.24. The molecule has 2 saturated carbocycles. The van der Waals surface area contributed by atoms with Crippen molar-refractivity contribution in [1.82, 2.24) is 0 Å². The smallest absolute Gasteiger partial charge is 0.309 e. The minimum atomic E-state index is -0.0602. The monoisotopic (exact) mass is 270 g/mol. The molecule has 0 N–H and O–H groups in total.